The Morgan fingerprint density at radius 1 is 1.20 bits per heavy atom. The fourth-order valence-corrected chi connectivity index (χ4v) is 3.79. The Morgan fingerprint density at radius 3 is 2.56 bits per heavy atom. The van der Waals surface area contributed by atoms with Crippen molar-refractivity contribution in [3.63, 3.8) is 0 Å². The van der Waals surface area contributed by atoms with E-state index in [-0.39, 0.29) is 11.1 Å². The molecule has 4 nitrogen and oxygen atoms in total. The highest BCUT2D eigenvalue weighted by molar-refractivity contribution is 9.10. The lowest BCUT2D eigenvalue weighted by atomic mass is 10.2. The first-order valence-corrected chi connectivity index (χ1v) is 9.44. The second-order valence-corrected chi connectivity index (χ2v) is 7.40. The molecule has 0 spiro atoms. The van der Waals surface area contributed by atoms with E-state index < -0.39 is 0 Å². The van der Waals surface area contributed by atoms with E-state index in [2.05, 4.69) is 15.9 Å². The maximum absolute atomic E-state index is 12.6. The van der Waals surface area contributed by atoms with Crippen LogP contribution in [0.25, 0.3) is 6.08 Å². The van der Waals surface area contributed by atoms with E-state index in [1.807, 2.05) is 25.1 Å². The van der Waals surface area contributed by atoms with E-state index in [4.69, 9.17) is 16.3 Å². The summed E-state index contributed by atoms with van der Waals surface area (Å²) in [5, 5.41) is 0.217. The molecule has 1 fully saturated rings. The molecule has 0 saturated carbocycles. The Kier molecular flexibility index (Phi) is 5.51. The fraction of sp³-hybridized carbons (Fsp3) is 0.111. The minimum absolute atomic E-state index is 0.330. The van der Waals surface area contributed by atoms with E-state index in [9.17, 15) is 9.59 Å². The number of carbonyl (C=O) groups excluding carboxylic acids is 2. The Morgan fingerprint density at radius 2 is 1.92 bits per heavy atom. The molecule has 0 aliphatic carbocycles. The van der Waals surface area contributed by atoms with Gasteiger partial charge in [-0.3, -0.25) is 9.59 Å². The van der Waals surface area contributed by atoms with Crippen molar-refractivity contribution >= 4 is 62.2 Å². The summed E-state index contributed by atoms with van der Waals surface area (Å²) in [6.45, 7) is 2.48. The van der Waals surface area contributed by atoms with Crippen molar-refractivity contribution in [1.29, 1.82) is 0 Å². The number of amides is 2. The van der Waals surface area contributed by atoms with Crippen LogP contribution in [0.2, 0.25) is 5.02 Å². The number of halogens is 2. The smallest absolute Gasteiger partial charge is 0.298 e. The molecule has 2 aromatic carbocycles. The summed E-state index contributed by atoms with van der Waals surface area (Å²) in [6.07, 6.45) is 1.70. The molecule has 0 bridgehead atoms. The molecule has 1 saturated heterocycles. The number of nitrogens with zero attached hydrogens (tertiary/aromatic N) is 1. The molecule has 1 heterocycles. The number of carbonyl (C=O) groups is 2. The molecule has 1 aliphatic rings. The minimum atomic E-state index is -0.345. The first-order chi connectivity index (χ1) is 12.0. The van der Waals surface area contributed by atoms with Gasteiger partial charge in [0, 0.05) is 5.02 Å². The van der Waals surface area contributed by atoms with Gasteiger partial charge in [0.15, 0.2) is 0 Å². The number of imide groups is 1. The molecule has 0 atom stereocenters. The first-order valence-electron chi connectivity index (χ1n) is 7.45. The summed E-state index contributed by atoms with van der Waals surface area (Å²) in [4.78, 5) is 26.4. The Bertz CT molecular complexity index is 867. The lowest BCUT2D eigenvalue weighted by Crippen LogP contribution is -2.27. The van der Waals surface area contributed by atoms with Gasteiger partial charge < -0.3 is 4.74 Å². The minimum Gasteiger partial charge on any atom is -0.493 e. The average Bonchev–Trinajstić information content (AvgIpc) is 2.85. The number of anilines is 1. The molecule has 0 unspecified atom stereocenters. The van der Waals surface area contributed by atoms with Crippen molar-refractivity contribution in [2.75, 3.05) is 11.5 Å². The third kappa shape index (κ3) is 3.92. The lowest BCUT2D eigenvalue weighted by molar-refractivity contribution is -0.113. The zero-order valence-corrected chi connectivity index (χ0v) is 16.3. The molecule has 128 valence electrons. The summed E-state index contributed by atoms with van der Waals surface area (Å²) in [5.74, 6) is 0.385. The first kappa shape index (κ1) is 18.0. The van der Waals surface area contributed by atoms with Crippen molar-refractivity contribution in [2.24, 2.45) is 0 Å². The topological polar surface area (TPSA) is 46.6 Å². The lowest BCUT2D eigenvalue weighted by Gasteiger charge is -2.12. The van der Waals surface area contributed by atoms with Crippen molar-refractivity contribution in [3.8, 4) is 5.75 Å². The maximum atomic E-state index is 12.6. The zero-order valence-electron chi connectivity index (χ0n) is 13.2. The standard InChI is InChI=1S/C18H13BrClNO3S/c1-2-24-15-8-3-11(9-14(15)19)10-16-17(22)21(18(23)25-16)13-6-4-12(20)5-7-13/h3-10H,2H2,1H3/b16-10+. The van der Waals surface area contributed by atoms with E-state index in [0.29, 0.717) is 22.2 Å². The average molecular weight is 439 g/mol. The number of ether oxygens (including phenoxy) is 1. The molecule has 3 rings (SSSR count). The van der Waals surface area contributed by atoms with Crippen LogP contribution in [0, 0.1) is 0 Å². The summed E-state index contributed by atoms with van der Waals surface area (Å²) in [6, 6.07) is 12.1. The second-order valence-electron chi connectivity index (χ2n) is 5.12. The molecule has 0 N–H and O–H groups in total. The van der Waals surface area contributed by atoms with Crippen LogP contribution in [-0.2, 0) is 4.79 Å². The third-order valence-corrected chi connectivity index (χ3v) is 5.17. The highest BCUT2D eigenvalue weighted by Gasteiger charge is 2.36. The molecule has 0 radical (unpaired) electrons. The predicted molar refractivity (Wildman–Crippen MR) is 105 cm³/mol. The van der Waals surface area contributed by atoms with Gasteiger partial charge in [0.25, 0.3) is 11.1 Å². The summed E-state index contributed by atoms with van der Waals surface area (Å²) in [5.41, 5.74) is 1.31. The highest BCUT2D eigenvalue weighted by Crippen LogP contribution is 2.36. The van der Waals surface area contributed by atoms with Gasteiger partial charge in [-0.25, -0.2) is 4.90 Å². The van der Waals surface area contributed by atoms with Crippen molar-refractivity contribution in [3.05, 3.63) is 62.4 Å². The van der Waals surface area contributed by atoms with Gasteiger partial charge in [0.05, 0.1) is 21.7 Å². The molecular formula is C18H13BrClNO3S. The predicted octanol–water partition coefficient (Wildman–Crippen LogP) is 5.74. The van der Waals surface area contributed by atoms with Crippen LogP contribution in [0.1, 0.15) is 12.5 Å². The van der Waals surface area contributed by atoms with E-state index in [0.717, 1.165) is 32.4 Å². The summed E-state index contributed by atoms with van der Waals surface area (Å²) >= 11 is 10.2. The van der Waals surface area contributed by atoms with E-state index >= 15 is 0 Å². The van der Waals surface area contributed by atoms with Gasteiger partial charge >= 0.3 is 0 Å². The van der Waals surface area contributed by atoms with E-state index in [1.54, 1.807) is 30.3 Å². The van der Waals surface area contributed by atoms with Gasteiger partial charge in [-0.05, 0) is 82.7 Å². The molecule has 7 heteroatoms. The normalized spacial score (nSPS) is 16.0. The van der Waals surface area contributed by atoms with Gasteiger partial charge in [-0.1, -0.05) is 17.7 Å². The Hall–Kier alpha value is -1.76. The van der Waals surface area contributed by atoms with Gasteiger partial charge in [0.2, 0.25) is 0 Å². The number of benzene rings is 2. The maximum Gasteiger partial charge on any atom is 0.298 e. The molecular weight excluding hydrogens is 426 g/mol. The highest BCUT2D eigenvalue weighted by atomic mass is 79.9. The monoisotopic (exact) mass is 437 g/mol. The van der Waals surface area contributed by atoms with Crippen LogP contribution in [0.15, 0.2) is 51.8 Å². The number of rotatable bonds is 4. The summed E-state index contributed by atoms with van der Waals surface area (Å²) < 4.78 is 6.26. The van der Waals surface area contributed by atoms with Crippen LogP contribution < -0.4 is 9.64 Å². The van der Waals surface area contributed by atoms with Gasteiger partial charge in [-0.15, -0.1) is 0 Å². The zero-order chi connectivity index (χ0) is 18.0. The largest absolute Gasteiger partial charge is 0.493 e. The van der Waals surface area contributed by atoms with Crippen LogP contribution in [0.3, 0.4) is 0 Å². The molecule has 1 aliphatic heterocycles. The second kappa shape index (κ2) is 7.64. The van der Waals surface area contributed by atoms with Crippen molar-refractivity contribution in [2.45, 2.75) is 6.92 Å². The van der Waals surface area contributed by atoms with Gasteiger partial charge in [-0.2, -0.15) is 0 Å². The SMILES string of the molecule is CCOc1ccc(/C=C2/SC(=O)N(c3ccc(Cl)cc3)C2=O)cc1Br. The molecule has 25 heavy (non-hydrogen) atoms. The molecule has 0 aromatic heterocycles. The van der Waals surface area contributed by atoms with E-state index in [1.165, 1.54) is 0 Å². The Labute approximate surface area is 162 Å². The van der Waals surface area contributed by atoms with Crippen LogP contribution >= 0.6 is 39.3 Å². The molecule has 2 aromatic rings. The van der Waals surface area contributed by atoms with Crippen LogP contribution in [0.4, 0.5) is 10.5 Å². The van der Waals surface area contributed by atoms with Crippen LogP contribution in [-0.4, -0.2) is 17.8 Å². The number of hydrogen-bond donors (Lipinski definition) is 0. The van der Waals surface area contributed by atoms with Crippen LogP contribution in [0.5, 0.6) is 5.75 Å². The fourth-order valence-electron chi connectivity index (χ4n) is 2.31. The molecule has 2 amide bonds. The number of thioether (sulfide) groups is 1. The summed E-state index contributed by atoms with van der Waals surface area (Å²) in [7, 11) is 0. The third-order valence-electron chi connectivity index (χ3n) is 3.43. The quantitative estimate of drug-likeness (QED) is 0.571. The van der Waals surface area contributed by atoms with Crippen molar-refractivity contribution in [1.82, 2.24) is 0 Å². The Balaban J connectivity index is 1.87. The number of hydrogen-bond acceptors (Lipinski definition) is 4. The van der Waals surface area contributed by atoms with Crippen molar-refractivity contribution < 1.29 is 14.3 Å². The van der Waals surface area contributed by atoms with Gasteiger partial charge in [0.1, 0.15) is 5.75 Å².